The molecule has 3 rings (SSSR count). The summed E-state index contributed by atoms with van der Waals surface area (Å²) in [5.41, 5.74) is 0.140. The van der Waals surface area contributed by atoms with Crippen molar-refractivity contribution in [2.45, 2.75) is 17.7 Å². The molecular weight excluding hydrogens is 280 g/mol. The molecule has 106 valence electrons. The zero-order valence-electron chi connectivity index (χ0n) is 10.8. The average molecular weight is 294 g/mol. The van der Waals surface area contributed by atoms with Gasteiger partial charge in [0.1, 0.15) is 11.4 Å². The molecule has 0 spiro atoms. The molecule has 0 aromatic heterocycles. The summed E-state index contributed by atoms with van der Waals surface area (Å²) >= 11 is 0. The molecule has 6 nitrogen and oxygen atoms in total. The molecule has 0 bridgehead atoms. The van der Waals surface area contributed by atoms with Crippen LogP contribution in [0.1, 0.15) is 23.2 Å². The minimum atomic E-state index is -3.88. The van der Waals surface area contributed by atoms with Gasteiger partial charge in [0.25, 0.3) is 15.9 Å². The summed E-state index contributed by atoms with van der Waals surface area (Å²) in [5, 5.41) is 0. The summed E-state index contributed by atoms with van der Waals surface area (Å²) in [6.45, 7) is 0.859. The van der Waals surface area contributed by atoms with Crippen LogP contribution in [0.4, 0.5) is 0 Å². The van der Waals surface area contributed by atoms with Crippen molar-refractivity contribution in [1.29, 1.82) is 0 Å². The van der Waals surface area contributed by atoms with E-state index < -0.39 is 22.5 Å². The van der Waals surface area contributed by atoms with E-state index >= 15 is 0 Å². The number of rotatable bonds is 2. The second-order valence-corrected chi connectivity index (χ2v) is 6.73. The number of amides is 2. The van der Waals surface area contributed by atoms with Gasteiger partial charge in [0.2, 0.25) is 5.91 Å². The number of carbonyl (C=O) groups is 2. The van der Waals surface area contributed by atoms with E-state index in [4.69, 9.17) is 0 Å². The van der Waals surface area contributed by atoms with E-state index in [9.17, 15) is 18.0 Å². The van der Waals surface area contributed by atoms with E-state index in [1.165, 1.54) is 12.1 Å². The predicted octanol–water partition coefficient (Wildman–Crippen LogP) is 0.454. The lowest BCUT2D eigenvalue weighted by Crippen LogP contribution is -2.41. The highest BCUT2D eigenvalue weighted by molar-refractivity contribution is 7.90. The zero-order valence-corrected chi connectivity index (χ0v) is 11.6. The monoisotopic (exact) mass is 294 g/mol. The molecule has 0 atom stereocenters. The molecule has 1 saturated heterocycles. The van der Waals surface area contributed by atoms with Crippen LogP contribution in [0.3, 0.4) is 0 Å². The number of benzene rings is 1. The fourth-order valence-corrected chi connectivity index (χ4v) is 4.09. The van der Waals surface area contributed by atoms with Gasteiger partial charge in [-0.3, -0.25) is 9.59 Å². The average Bonchev–Trinajstić information content (AvgIpc) is 3.02. The molecule has 0 saturated carbocycles. The van der Waals surface area contributed by atoms with E-state index in [1.807, 2.05) is 0 Å². The summed E-state index contributed by atoms with van der Waals surface area (Å²) in [6.07, 6.45) is 1.85. The first-order valence-corrected chi connectivity index (χ1v) is 7.90. The van der Waals surface area contributed by atoms with Crippen LogP contribution in [-0.4, -0.2) is 49.1 Å². The lowest BCUT2D eigenvalue weighted by molar-refractivity contribution is -0.130. The summed E-state index contributed by atoms with van der Waals surface area (Å²) in [5.74, 6) is -0.930. The molecule has 2 heterocycles. The van der Waals surface area contributed by atoms with E-state index in [0.29, 0.717) is 17.4 Å². The first kappa shape index (κ1) is 13.1. The third kappa shape index (κ3) is 1.89. The number of carbonyl (C=O) groups excluding carboxylic acids is 2. The number of likely N-dealkylation sites (tertiary alicyclic amines) is 1. The van der Waals surface area contributed by atoms with Crippen molar-refractivity contribution in [3.8, 4) is 0 Å². The number of sulfonamides is 1. The molecule has 2 aliphatic heterocycles. The maximum atomic E-state index is 12.3. The smallest absolute Gasteiger partial charge is 0.269 e. The third-order valence-electron chi connectivity index (χ3n) is 3.65. The standard InChI is InChI=1S/C13H14N2O4S/c16-12(14-7-3-4-8-14)9-15-13(17)10-5-1-2-6-11(10)20(15,18)19/h1-2,5-6H,3-4,7-9H2. The van der Waals surface area contributed by atoms with E-state index in [1.54, 1.807) is 17.0 Å². The Balaban J connectivity index is 1.88. The van der Waals surface area contributed by atoms with E-state index in [2.05, 4.69) is 0 Å². The van der Waals surface area contributed by atoms with Crippen LogP contribution in [0, 0.1) is 0 Å². The highest BCUT2D eigenvalue weighted by Gasteiger charge is 2.42. The normalized spacial score (nSPS) is 20.3. The molecule has 7 heteroatoms. The second kappa shape index (κ2) is 4.59. The van der Waals surface area contributed by atoms with E-state index in [-0.39, 0.29) is 16.4 Å². The Morgan fingerprint density at radius 1 is 1.15 bits per heavy atom. The Bertz CT molecular complexity index is 677. The summed E-state index contributed by atoms with van der Waals surface area (Å²) in [6, 6.07) is 6.03. The largest absolute Gasteiger partial charge is 0.341 e. The molecule has 0 aliphatic carbocycles. The van der Waals surface area contributed by atoms with Crippen molar-refractivity contribution in [3.05, 3.63) is 29.8 Å². The number of hydrogen-bond donors (Lipinski definition) is 0. The number of nitrogens with zero attached hydrogens (tertiary/aromatic N) is 2. The van der Waals surface area contributed by atoms with Crippen LogP contribution in [0.15, 0.2) is 29.2 Å². The molecule has 2 aliphatic rings. The molecular formula is C13H14N2O4S. The molecule has 0 N–H and O–H groups in total. The summed E-state index contributed by atoms with van der Waals surface area (Å²) < 4.78 is 25.2. The van der Waals surface area contributed by atoms with Gasteiger partial charge in [-0.05, 0) is 25.0 Å². The van der Waals surface area contributed by atoms with Gasteiger partial charge in [-0.25, -0.2) is 12.7 Å². The minimum absolute atomic E-state index is 0.0146. The number of hydrogen-bond acceptors (Lipinski definition) is 4. The van der Waals surface area contributed by atoms with Gasteiger partial charge >= 0.3 is 0 Å². The highest BCUT2D eigenvalue weighted by atomic mass is 32.2. The first-order chi connectivity index (χ1) is 9.51. The fourth-order valence-electron chi connectivity index (χ4n) is 2.58. The molecule has 0 unspecified atom stereocenters. The highest BCUT2D eigenvalue weighted by Crippen LogP contribution is 2.29. The third-order valence-corrected chi connectivity index (χ3v) is 5.44. The minimum Gasteiger partial charge on any atom is -0.341 e. The molecule has 20 heavy (non-hydrogen) atoms. The maximum Gasteiger partial charge on any atom is 0.269 e. The fraction of sp³-hybridized carbons (Fsp3) is 0.385. The van der Waals surface area contributed by atoms with Crippen LogP contribution < -0.4 is 0 Å². The van der Waals surface area contributed by atoms with Crippen molar-refractivity contribution in [1.82, 2.24) is 9.21 Å². The molecule has 2 amide bonds. The van der Waals surface area contributed by atoms with Gasteiger partial charge in [0.05, 0.1) is 5.56 Å². The van der Waals surface area contributed by atoms with Crippen molar-refractivity contribution in [2.24, 2.45) is 0 Å². The Labute approximate surface area is 117 Å². The van der Waals surface area contributed by atoms with Crippen molar-refractivity contribution >= 4 is 21.8 Å². The van der Waals surface area contributed by atoms with Crippen LogP contribution in [0.25, 0.3) is 0 Å². The lowest BCUT2D eigenvalue weighted by atomic mass is 10.2. The van der Waals surface area contributed by atoms with Gasteiger partial charge in [0, 0.05) is 13.1 Å². The quantitative estimate of drug-likeness (QED) is 0.794. The molecule has 1 aromatic rings. The van der Waals surface area contributed by atoms with Gasteiger partial charge in [0.15, 0.2) is 0 Å². The molecule has 1 fully saturated rings. The second-order valence-electron chi connectivity index (χ2n) is 4.90. The predicted molar refractivity (Wildman–Crippen MR) is 70.5 cm³/mol. The van der Waals surface area contributed by atoms with Gasteiger partial charge < -0.3 is 4.90 Å². The van der Waals surface area contributed by atoms with Gasteiger partial charge in [-0.1, -0.05) is 12.1 Å². The Morgan fingerprint density at radius 2 is 1.80 bits per heavy atom. The first-order valence-electron chi connectivity index (χ1n) is 6.46. The Morgan fingerprint density at radius 3 is 2.45 bits per heavy atom. The SMILES string of the molecule is O=C(CN1C(=O)c2ccccc2S1(=O)=O)N1CCCC1. The van der Waals surface area contributed by atoms with Gasteiger partial charge in [-0.2, -0.15) is 0 Å². The van der Waals surface area contributed by atoms with Crippen molar-refractivity contribution < 1.29 is 18.0 Å². The topological polar surface area (TPSA) is 74.8 Å². The molecule has 1 aromatic carbocycles. The van der Waals surface area contributed by atoms with Crippen LogP contribution >= 0.6 is 0 Å². The number of fused-ring (bicyclic) bond motifs is 1. The van der Waals surface area contributed by atoms with Crippen LogP contribution in [0.2, 0.25) is 0 Å². The lowest BCUT2D eigenvalue weighted by Gasteiger charge is -2.20. The van der Waals surface area contributed by atoms with Crippen molar-refractivity contribution in [3.63, 3.8) is 0 Å². The molecule has 0 radical (unpaired) electrons. The van der Waals surface area contributed by atoms with Crippen LogP contribution in [0.5, 0.6) is 0 Å². The Kier molecular flexibility index (Phi) is 3.01. The Hall–Kier alpha value is -1.89. The van der Waals surface area contributed by atoms with Crippen molar-refractivity contribution in [2.75, 3.05) is 19.6 Å². The zero-order chi connectivity index (χ0) is 14.3. The summed E-state index contributed by atoms with van der Waals surface area (Å²) in [7, 11) is -3.88. The van der Waals surface area contributed by atoms with Gasteiger partial charge in [-0.15, -0.1) is 0 Å². The summed E-state index contributed by atoms with van der Waals surface area (Å²) in [4.78, 5) is 25.8. The van der Waals surface area contributed by atoms with Crippen LogP contribution in [-0.2, 0) is 14.8 Å². The maximum absolute atomic E-state index is 12.3. The van der Waals surface area contributed by atoms with E-state index in [0.717, 1.165) is 12.8 Å².